The number of amides is 2. The van der Waals surface area contributed by atoms with Crippen LogP contribution in [-0.2, 0) is 0 Å². The number of carbonyl (C=O) groups excluding carboxylic acids is 1. The van der Waals surface area contributed by atoms with Crippen LogP contribution in [0.15, 0.2) is 49.6 Å². The minimum atomic E-state index is -2.85. The van der Waals surface area contributed by atoms with Crippen molar-refractivity contribution in [2.45, 2.75) is 19.6 Å². The molecule has 0 fully saturated rings. The van der Waals surface area contributed by atoms with Crippen LogP contribution in [0.1, 0.15) is 18.5 Å². The van der Waals surface area contributed by atoms with Crippen LogP contribution in [0.25, 0.3) is 0 Å². The van der Waals surface area contributed by atoms with Crippen LogP contribution < -0.4 is 10.1 Å². The fraction of sp³-hybridized carbons (Fsp3) is 0.312. The van der Waals surface area contributed by atoms with Gasteiger partial charge >= 0.3 is 12.6 Å². The van der Waals surface area contributed by atoms with Gasteiger partial charge in [0, 0.05) is 13.1 Å². The molecule has 0 saturated carbocycles. The Hall–Kier alpha value is -2.37. The third-order valence-corrected chi connectivity index (χ3v) is 2.93. The maximum Gasteiger partial charge on any atom is 0.387 e. The average molecular weight is 310 g/mol. The lowest BCUT2D eigenvalue weighted by Gasteiger charge is -2.23. The summed E-state index contributed by atoms with van der Waals surface area (Å²) >= 11 is 0. The molecule has 6 heteroatoms. The summed E-state index contributed by atoms with van der Waals surface area (Å²) in [7, 11) is 0. The van der Waals surface area contributed by atoms with Crippen molar-refractivity contribution in [3.8, 4) is 5.75 Å². The van der Waals surface area contributed by atoms with E-state index >= 15 is 0 Å². The molecule has 1 unspecified atom stereocenters. The summed E-state index contributed by atoms with van der Waals surface area (Å²) < 4.78 is 28.5. The van der Waals surface area contributed by atoms with E-state index in [1.165, 1.54) is 12.1 Å². The zero-order valence-electron chi connectivity index (χ0n) is 12.5. The van der Waals surface area contributed by atoms with Crippen molar-refractivity contribution in [3.63, 3.8) is 0 Å². The van der Waals surface area contributed by atoms with Crippen LogP contribution in [-0.4, -0.2) is 30.6 Å². The molecule has 1 rings (SSSR count). The van der Waals surface area contributed by atoms with Crippen molar-refractivity contribution in [1.29, 1.82) is 0 Å². The highest BCUT2D eigenvalue weighted by atomic mass is 19.3. The molecule has 2 amide bonds. The molecule has 0 aliphatic heterocycles. The molecule has 0 bridgehead atoms. The number of rotatable bonds is 8. The van der Waals surface area contributed by atoms with Crippen molar-refractivity contribution < 1.29 is 18.3 Å². The van der Waals surface area contributed by atoms with E-state index < -0.39 is 6.61 Å². The number of nitrogens with one attached hydrogen (secondary N) is 1. The normalized spacial score (nSPS) is 11.6. The lowest BCUT2D eigenvalue weighted by Crippen LogP contribution is -2.41. The quantitative estimate of drug-likeness (QED) is 0.743. The van der Waals surface area contributed by atoms with E-state index in [0.29, 0.717) is 13.1 Å². The van der Waals surface area contributed by atoms with E-state index in [9.17, 15) is 13.6 Å². The molecule has 1 aromatic carbocycles. The van der Waals surface area contributed by atoms with E-state index in [1.54, 1.807) is 36.1 Å². The first-order valence-electron chi connectivity index (χ1n) is 6.80. The van der Waals surface area contributed by atoms with Gasteiger partial charge in [0.1, 0.15) is 5.75 Å². The number of benzene rings is 1. The second-order valence-corrected chi connectivity index (χ2v) is 4.60. The predicted octanol–water partition coefficient (Wildman–Crippen LogP) is 3.73. The van der Waals surface area contributed by atoms with Crippen molar-refractivity contribution in [1.82, 2.24) is 10.2 Å². The number of alkyl halides is 2. The van der Waals surface area contributed by atoms with Crippen LogP contribution >= 0.6 is 0 Å². The summed E-state index contributed by atoms with van der Waals surface area (Å²) in [5.74, 6) is 0.0808. The highest BCUT2D eigenvalue weighted by Crippen LogP contribution is 2.19. The fourth-order valence-electron chi connectivity index (χ4n) is 1.85. The summed E-state index contributed by atoms with van der Waals surface area (Å²) in [5.41, 5.74) is 0.784. The molecular formula is C16H20F2N2O2. The number of urea groups is 1. The Morgan fingerprint density at radius 2 is 1.82 bits per heavy atom. The smallest absolute Gasteiger partial charge is 0.387 e. The molecule has 4 nitrogen and oxygen atoms in total. The van der Waals surface area contributed by atoms with Gasteiger partial charge in [-0.3, -0.25) is 0 Å². The van der Waals surface area contributed by atoms with Gasteiger partial charge in [-0.15, -0.1) is 13.2 Å². The molecule has 0 aliphatic rings. The van der Waals surface area contributed by atoms with Crippen LogP contribution in [0.2, 0.25) is 0 Å². The number of nitrogens with zero attached hydrogens (tertiary/aromatic N) is 1. The van der Waals surface area contributed by atoms with Crippen molar-refractivity contribution in [3.05, 3.63) is 55.1 Å². The first kappa shape index (κ1) is 17.7. The van der Waals surface area contributed by atoms with Gasteiger partial charge in [0.15, 0.2) is 0 Å². The molecule has 0 aromatic heterocycles. The average Bonchev–Trinajstić information content (AvgIpc) is 2.47. The SMILES string of the molecule is C=CCN(CC=C)C(=O)NC(C)c1ccc(OC(F)F)cc1. The molecule has 0 aliphatic carbocycles. The summed E-state index contributed by atoms with van der Waals surface area (Å²) in [6, 6.07) is 5.62. The molecule has 0 saturated heterocycles. The van der Waals surface area contributed by atoms with Crippen LogP contribution in [0.5, 0.6) is 5.75 Å². The molecule has 0 heterocycles. The first-order chi connectivity index (χ1) is 10.5. The molecule has 120 valence electrons. The Bertz CT molecular complexity index is 493. The monoisotopic (exact) mass is 310 g/mol. The van der Waals surface area contributed by atoms with Gasteiger partial charge in [-0.05, 0) is 24.6 Å². The van der Waals surface area contributed by atoms with Gasteiger partial charge in [0.25, 0.3) is 0 Å². The summed E-state index contributed by atoms with van der Waals surface area (Å²) in [6.07, 6.45) is 3.26. The maximum absolute atomic E-state index is 12.1. The van der Waals surface area contributed by atoms with Crippen LogP contribution in [0.3, 0.4) is 0 Å². The lowest BCUT2D eigenvalue weighted by atomic mass is 10.1. The van der Waals surface area contributed by atoms with Crippen LogP contribution in [0, 0.1) is 0 Å². The van der Waals surface area contributed by atoms with E-state index in [-0.39, 0.29) is 17.8 Å². The number of hydrogen-bond acceptors (Lipinski definition) is 2. The van der Waals surface area contributed by atoms with E-state index in [2.05, 4.69) is 23.2 Å². The zero-order chi connectivity index (χ0) is 16.5. The molecule has 1 aromatic rings. The van der Waals surface area contributed by atoms with Crippen molar-refractivity contribution in [2.24, 2.45) is 0 Å². The molecular weight excluding hydrogens is 290 g/mol. The minimum Gasteiger partial charge on any atom is -0.435 e. The number of ether oxygens (including phenoxy) is 1. The molecule has 0 spiro atoms. The van der Waals surface area contributed by atoms with E-state index in [1.807, 2.05) is 0 Å². The highest BCUT2D eigenvalue weighted by molar-refractivity contribution is 5.75. The zero-order valence-corrected chi connectivity index (χ0v) is 12.5. The standard InChI is InChI=1S/C16H20F2N2O2/c1-4-10-20(11-5-2)16(21)19-12(3)13-6-8-14(9-7-13)22-15(17)18/h4-9,12,15H,1-2,10-11H2,3H3,(H,19,21). The topological polar surface area (TPSA) is 41.6 Å². The Balaban J connectivity index is 2.66. The Kier molecular flexibility index (Phi) is 7.08. The van der Waals surface area contributed by atoms with Crippen molar-refractivity contribution >= 4 is 6.03 Å². The van der Waals surface area contributed by atoms with Crippen molar-refractivity contribution in [2.75, 3.05) is 13.1 Å². The number of hydrogen-bond donors (Lipinski definition) is 1. The van der Waals surface area contributed by atoms with Gasteiger partial charge in [0.2, 0.25) is 0 Å². The van der Waals surface area contributed by atoms with Gasteiger partial charge in [0.05, 0.1) is 6.04 Å². The van der Waals surface area contributed by atoms with Crippen LogP contribution in [0.4, 0.5) is 13.6 Å². The lowest BCUT2D eigenvalue weighted by molar-refractivity contribution is -0.0498. The number of carbonyl (C=O) groups is 1. The Morgan fingerprint density at radius 3 is 2.27 bits per heavy atom. The summed E-state index contributed by atoms with van der Waals surface area (Å²) in [5, 5.41) is 2.83. The fourth-order valence-corrected chi connectivity index (χ4v) is 1.85. The third-order valence-electron chi connectivity index (χ3n) is 2.93. The predicted molar refractivity (Wildman–Crippen MR) is 82.0 cm³/mol. The summed E-state index contributed by atoms with van der Waals surface area (Å²) in [6.45, 7) is 6.98. The van der Waals surface area contributed by atoms with Gasteiger partial charge in [-0.25, -0.2) is 4.79 Å². The Morgan fingerprint density at radius 1 is 1.27 bits per heavy atom. The minimum absolute atomic E-state index is 0.0808. The molecule has 1 atom stereocenters. The molecule has 1 N–H and O–H groups in total. The van der Waals surface area contributed by atoms with Gasteiger partial charge in [-0.2, -0.15) is 8.78 Å². The maximum atomic E-state index is 12.1. The highest BCUT2D eigenvalue weighted by Gasteiger charge is 2.15. The second kappa shape index (κ2) is 8.81. The summed E-state index contributed by atoms with van der Waals surface area (Å²) in [4.78, 5) is 13.7. The van der Waals surface area contributed by atoms with Gasteiger partial charge < -0.3 is 15.0 Å². The second-order valence-electron chi connectivity index (χ2n) is 4.60. The van der Waals surface area contributed by atoms with E-state index in [0.717, 1.165) is 5.56 Å². The molecule has 22 heavy (non-hydrogen) atoms. The first-order valence-corrected chi connectivity index (χ1v) is 6.80. The number of halogens is 2. The van der Waals surface area contributed by atoms with Gasteiger partial charge in [-0.1, -0.05) is 24.3 Å². The molecule has 0 radical (unpaired) electrons. The Labute approximate surface area is 129 Å². The largest absolute Gasteiger partial charge is 0.435 e. The van der Waals surface area contributed by atoms with E-state index in [4.69, 9.17) is 0 Å². The third kappa shape index (κ3) is 5.55.